The Kier molecular flexibility index (Phi) is 5.11. The summed E-state index contributed by atoms with van der Waals surface area (Å²) in [6.07, 6.45) is 1.44. The van der Waals surface area contributed by atoms with E-state index in [0.29, 0.717) is 36.0 Å². The first-order chi connectivity index (χ1) is 14.1. The molecule has 7 nitrogen and oxygen atoms in total. The lowest BCUT2D eigenvalue weighted by Gasteiger charge is -2.19. The molecule has 0 spiro atoms. The Bertz CT molecular complexity index is 1080. The van der Waals surface area contributed by atoms with Crippen LogP contribution in [0.4, 0.5) is 11.4 Å². The number of pyridine rings is 1. The Morgan fingerprint density at radius 1 is 0.897 bits per heavy atom. The lowest BCUT2D eigenvalue weighted by atomic mass is 10.1. The molecule has 3 aromatic rings. The highest BCUT2D eigenvalue weighted by molar-refractivity contribution is 6.08. The minimum Gasteiger partial charge on any atom is -0.486 e. The van der Waals surface area contributed by atoms with Gasteiger partial charge in [0.15, 0.2) is 11.5 Å². The predicted molar refractivity (Wildman–Crippen MR) is 109 cm³/mol. The summed E-state index contributed by atoms with van der Waals surface area (Å²) in [5.41, 5.74) is 2.70. The fraction of sp³-hybridized carbons (Fsp3) is 0.136. The number of anilines is 2. The monoisotopic (exact) mass is 389 g/mol. The van der Waals surface area contributed by atoms with E-state index in [1.807, 2.05) is 31.2 Å². The van der Waals surface area contributed by atoms with Crippen LogP contribution >= 0.6 is 0 Å². The molecular weight excluding hydrogens is 370 g/mol. The van der Waals surface area contributed by atoms with Gasteiger partial charge in [0.1, 0.15) is 18.9 Å². The smallest absolute Gasteiger partial charge is 0.274 e. The van der Waals surface area contributed by atoms with Crippen molar-refractivity contribution in [2.75, 3.05) is 23.8 Å². The molecule has 2 N–H and O–H groups in total. The van der Waals surface area contributed by atoms with E-state index in [2.05, 4.69) is 15.6 Å². The summed E-state index contributed by atoms with van der Waals surface area (Å²) in [6.45, 7) is 2.87. The second kappa shape index (κ2) is 8.02. The average molecular weight is 389 g/mol. The number of nitrogens with one attached hydrogen (secondary N) is 2. The second-order valence-corrected chi connectivity index (χ2v) is 6.51. The van der Waals surface area contributed by atoms with Crippen LogP contribution in [0.25, 0.3) is 0 Å². The largest absolute Gasteiger partial charge is 0.486 e. The van der Waals surface area contributed by atoms with E-state index in [-0.39, 0.29) is 11.6 Å². The van der Waals surface area contributed by atoms with Gasteiger partial charge in [-0.2, -0.15) is 0 Å². The van der Waals surface area contributed by atoms with Crippen molar-refractivity contribution in [3.63, 3.8) is 0 Å². The number of fused-ring (bicyclic) bond motifs is 1. The van der Waals surface area contributed by atoms with Crippen molar-refractivity contribution in [3.8, 4) is 11.5 Å². The zero-order valence-corrected chi connectivity index (χ0v) is 15.8. The first-order valence-corrected chi connectivity index (χ1v) is 9.14. The van der Waals surface area contributed by atoms with Crippen LogP contribution < -0.4 is 20.1 Å². The van der Waals surface area contributed by atoms with Gasteiger partial charge in [-0.25, -0.2) is 0 Å². The van der Waals surface area contributed by atoms with E-state index in [4.69, 9.17) is 9.47 Å². The van der Waals surface area contributed by atoms with Crippen molar-refractivity contribution >= 4 is 23.2 Å². The molecule has 29 heavy (non-hydrogen) atoms. The van der Waals surface area contributed by atoms with Crippen molar-refractivity contribution in [2.45, 2.75) is 6.92 Å². The zero-order chi connectivity index (χ0) is 20.2. The Morgan fingerprint density at radius 3 is 2.52 bits per heavy atom. The molecule has 0 atom stereocenters. The van der Waals surface area contributed by atoms with Gasteiger partial charge in [-0.1, -0.05) is 18.2 Å². The lowest BCUT2D eigenvalue weighted by molar-refractivity contribution is 0.102. The summed E-state index contributed by atoms with van der Waals surface area (Å²) < 4.78 is 11.0. The first-order valence-electron chi connectivity index (χ1n) is 9.14. The maximum absolute atomic E-state index is 12.6. The van der Waals surface area contributed by atoms with Crippen LogP contribution in [-0.2, 0) is 0 Å². The van der Waals surface area contributed by atoms with E-state index >= 15 is 0 Å². The summed E-state index contributed by atoms with van der Waals surface area (Å²) in [6, 6.07) is 15.7. The number of nitrogens with zero attached hydrogens (tertiary/aromatic N) is 1. The van der Waals surface area contributed by atoms with Crippen LogP contribution in [-0.4, -0.2) is 30.0 Å². The number of ether oxygens (including phenoxy) is 2. The number of carbonyl (C=O) groups excluding carboxylic acids is 2. The SMILES string of the molecule is Cc1ccccc1NC(=O)c1ccnc(C(=O)Nc2ccc3c(c2)OCCO3)c1. The van der Waals surface area contributed by atoms with E-state index in [9.17, 15) is 9.59 Å². The van der Waals surface area contributed by atoms with Gasteiger partial charge in [0, 0.05) is 29.2 Å². The van der Waals surface area contributed by atoms with E-state index in [1.54, 1.807) is 24.3 Å². The third-order valence-electron chi connectivity index (χ3n) is 4.45. The first kappa shape index (κ1) is 18.5. The highest BCUT2D eigenvalue weighted by Crippen LogP contribution is 2.32. The number of aromatic nitrogens is 1. The molecule has 2 amide bonds. The number of hydrogen-bond donors (Lipinski definition) is 2. The number of aryl methyl sites for hydroxylation is 1. The highest BCUT2D eigenvalue weighted by atomic mass is 16.6. The summed E-state index contributed by atoms with van der Waals surface area (Å²) in [4.78, 5) is 29.2. The minimum atomic E-state index is -0.424. The van der Waals surface area contributed by atoms with Crippen molar-refractivity contribution in [2.24, 2.45) is 0 Å². The zero-order valence-electron chi connectivity index (χ0n) is 15.8. The molecule has 0 unspecified atom stereocenters. The van der Waals surface area contributed by atoms with Crippen LogP contribution in [0, 0.1) is 6.92 Å². The van der Waals surface area contributed by atoms with Crippen LogP contribution in [0.15, 0.2) is 60.8 Å². The minimum absolute atomic E-state index is 0.136. The van der Waals surface area contributed by atoms with Crippen LogP contribution in [0.1, 0.15) is 26.4 Å². The van der Waals surface area contributed by atoms with Gasteiger partial charge in [-0.3, -0.25) is 14.6 Å². The van der Waals surface area contributed by atoms with Gasteiger partial charge in [0.25, 0.3) is 11.8 Å². The number of hydrogen-bond acceptors (Lipinski definition) is 5. The topological polar surface area (TPSA) is 89.6 Å². The third kappa shape index (κ3) is 4.19. The normalized spacial score (nSPS) is 12.2. The third-order valence-corrected chi connectivity index (χ3v) is 4.45. The molecule has 1 aromatic heterocycles. The Morgan fingerprint density at radius 2 is 1.69 bits per heavy atom. The molecule has 4 rings (SSSR count). The lowest BCUT2D eigenvalue weighted by Crippen LogP contribution is -2.18. The molecule has 146 valence electrons. The summed E-state index contributed by atoms with van der Waals surface area (Å²) in [5.74, 6) is 0.484. The van der Waals surface area contributed by atoms with Crippen LogP contribution in [0.2, 0.25) is 0 Å². The van der Waals surface area contributed by atoms with Gasteiger partial charge in [-0.15, -0.1) is 0 Å². The fourth-order valence-electron chi connectivity index (χ4n) is 2.92. The maximum Gasteiger partial charge on any atom is 0.274 e. The Balaban J connectivity index is 1.48. The quantitative estimate of drug-likeness (QED) is 0.711. The van der Waals surface area contributed by atoms with Gasteiger partial charge >= 0.3 is 0 Å². The van der Waals surface area contributed by atoms with Gasteiger partial charge in [0.2, 0.25) is 0 Å². The average Bonchev–Trinajstić information content (AvgIpc) is 2.75. The van der Waals surface area contributed by atoms with E-state index in [0.717, 1.165) is 11.3 Å². The number of carbonyl (C=O) groups is 2. The Labute approximate surface area is 167 Å². The second-order valence-electron chi connectivity index (χ2n) is 6.51. The molecule has 7 heteroatoms. The number of benzene rings is 2. The standard InChI is InChI=1S/C22H19N3O4/c1-14-4-2-3-5-17(14)25-21(26)15-8-9-23-18(12-15)22(27)24-16-6-7-19-20(13-16)29-11-10-28-19/h2-9,12-13H,10-11H2,1H3,(H,24,27)(H,25,26). The number of para-hydroxylation sites is 1. The van der Waals surface area contributed by atoms with E-state index < -0.39 is 5.91 Å². The van der Waals surface area contributed by atoms with Gasteiger partial charge in [0.05, 0.1) is 0 Å². The fourth-order valence-corrected chi connectivity index (χ4v) is 2.92. The molecule has 2 aromatic carbocycles. The predicted octanol–water partition coefficient (Wildman–Crippen LogP) is 3.67. The molecule has 1 aliphatic heterocycles. The maximum atomic E-state index is 12.6. The van der Waals surface area contributed by atoms with Crippen LogP contribution in [0.3, 0.4) is 0 Å². The summed E-state index contributed by atoms with van der Waals surface area (Å²) in [5, 5.41) is 5.61. The number of rotatable bonds is 4. The highest BCUT2D eigenvalue weighted by Gasteiger charge is 2.15. The molecule has 2 heterocycles. The molecule has 0 saturated carbocycles. The molecule has 0 fully saturated rings. The summed E-state index contributed by atoms with van der Waals surface area (Å²) in [7, 11) is 0. The van der Waals surface area contributed by atoms with Crippen molar-refractivity contribution in [1.29, 1.82) is 0 Å². The van der Waals surface area contributed by atoms with Gasteiger partial charge < -0.3 is 20.1 Å². The summed E-state index contributed by atoms with van der Waals surface area (Å²) >= 11 is 0. The molecular formula is C22H19N3O4. The Hall–Kier alpha value is -3.87. The molecule has 0 saturated heterocycles. The molecule has 0 bridgehead atoms. The molecule has 0 radical (unpaired) electrons. The molecule has 0 aliphatic carbocycles. The number of amides is 2. The molecule has 1 aliphatic rings. The van der Waals surface area contributed by atoms with Crippen molar-refractivity contribution in [3.05, 3.63) is 77.6 Å². The van der Waals surface area contributed by atoms with Gasteiger partial charge in [-0.05, 0) is 42.8 Å². The van der Waals surface area contributed by atoms with E-state index in [1.165, 1.54) is 12.3 Å². The van der Waals surface area contributed by atoms with Crippen LogP contribution in [0.5, 0.6) is 11.5 Å². The van der Waals surface area contributed by atoms with Crippen molar-refractivity contribution in [1.82, 2.24) is 4.98 Å². The van der Waals surface area contributed by atoms with Crippen molar-refractivity contribution < 1.29 is 19.1 Å².